The van der Waals surface area contributed by atoms with Crippen molar-refractivity contribution in [3.63, 3.8) is 0 Å². The maximum Gasteiger partial charge on any atom is 0.410 e. The normalized spacial score (nSPS) is 19.5. The number of nitrogens with zero attached hydrogens (tertiary/aromatic N) is 4. The van der Waals surface area contributed by atoms with Gasteiger partial charge in [-0.15, -0.1) is 11.3 Å². The number of amidine groups is 1. The summed E-state index contributed by atoms with van der Waals surface area (Å²) in [4.78, 5) is 38.4. The van der Waals surface area contributed by atoms with E-state index in [1.54, 1.807) is 32.3 Å². The third-order valence-corrected chi connectivity index (χ3v) is 7.06. The number of amides is 2. The number of hydrogen-bond acceptors (Lipinski definition) is 10. The molecule has 0 spiro atoms. The van der Waals surface area contributed by atoms with E-state index in [0.29, 0.717) is 22.1 Å². The number of cyclic esters (lactones) is 1. The Kier molecular flexibility index (Phi) is 9.96. The molecule has 0 unspecified atom stereocenters. The molecule has 4 N–H and O–H groups in total. The molecule has 3 heterocycles. The van der Waals surface area contributed by atoms with Crippen LogP contribution in [-0.4, -0.2) is 72.0 Å². The molecule has 0 aliphatic carbocycles. The minimum atomic E-state index is -2.95. The van der Waals surface area contributed by atoms with E-state index in [9.17, 15) is 22.8 Å². The van der Waals surface area contributed by atoms with Crippen LogP contribution in [-0.2, 0) is 9.47 Å². The predicted octanol–water partition coefficient (Wildman–Crippen LogP) is 4.76. The Morgan fingerprint density at radius 1 is 1.42 bits per heavy atom. The SMILES string of the molecule is CC(C)(C)OC(=O)NC[C@H]1CN(CC2=C(C(N)=CC=NC(F)F)[C@H](c3ccc(F)cc3Cl)N=C(c3nccs3)N2)C(=O)O1. The molecule has 2 aromatic rings. The number of benzene rings is 1. The number of nitrogens with two attached hydrogens (primary N) is 1. The van der Waals surface area contributed by atoms with Gasteiger partial charge in [0.2, 0.25) is 0 Å². The second-order valence-electron chi connectivity index (χ2n) is 10.4. The first kappa shape index (κ1) is 31.8. The number of nitrogens with one attached hydrogen (secondary N) is 2. The highest BCUT2D eigenvalue weighted by atomic mass is 35.5. The van der Waals surface area contributed by atoms with Crippen LogP contribution in [0.3, 0.4) is 0 Å². The van der Waals surface area contributed by atoms with Crippen LogP contribution >= 0.6 is 22.9 Å². The molecule has 230 valence electrons. The van der Waals surface area contributed by atoms with E-state index in [0.717, 1.165) is 12.3 Å². The van der Waals surface area contributed by atoms with Gasteiger partial charge in [0.25, 0.3) is 0 Å². The van der Waals surface area contributed by atoms with Crippen molar-refractivity contribution in [3.05, 3.63) is 74.2 Å². The Morgan fingerprint density at radius 3 is 2.84 bits per heavy atom. The number of hydrogen-bond donors (Lipinski definition) is 3. The molecule has 1 fully saturated rings. The predicted molar refractivity (Wildman–Crippen MR) is 156 cm³/mol. The third-order valence-electron chi connectivity index (χ3n) is 5.95. The van der Waals surface area contributed by atoms with E-state index in [1.807, 2.05) is 0 Å². The highest BCUT2D eigenvalue weighted by Crippen LogP contribution is 2.38. The lowest BCUT2D eigenvalue weighted by molar-refractivity contribution is 0.0496. The molecule has 43 heavy (non-hydrogen) atoms. The summed E-state index contributed by atoms with van der Waals surface area (Å²) in [6.07, 6.45) is 1.60. The van der Waals surface area contributed by atoms with Gasteiger partial charge in [0.1, 0.15) is 23.6 Å². The summed E-state index contributed by atoms with van der Waals surface area (Å²) in [5, 5.41) is 8.04. The Balaban J connectivity index is 1.69. The minimum absolute atomic E-state index is 0.00224. The summed E-state index contributed by atoms with van der Waals surface area (Å²) in [6, 6.07) is 2.82. The number of allylic oxidation sites excluding steroid dienone is 1. The van der Waals surface area contributed by atoms with Crippen LogP contribution in [0.25, 0.3) is 0 Å². The molecule has 2 amide bonds. The molecule has 0 bridgehead atoms. The molecule has 0 radical (unpaired) electrons. The summed E-state index contributed by atoms with van der Waals surface area (Å²) in [7, 11) is 0. The lowest BCUT2D eigenvalue weighted by atomic mass is 9.92. The molecule has 11 nitrogen and oxygen atoms in total. The average Bonchev–Trinajstić information content (AvgIpc) is 3.56. The van der Waals surface area contributed by atoms with Crippen molar-refractivity contribution >= 4 is 47.2 Å². The van der Waals surface area contributed by atoms with Gasteiger partial charge in [0.05, 0.1) is 19.6 Å². The first-order valence-electron chi connectivity index (χ1n) is 12.9. The summed E-state index contributed by atoms with van der Waals surface area (Å²) in [6.45, 7) is 2.23. The molecule has 4 rings (SSSR count). The van der Waals surface area contributed by atoms with Crippen LogP contribution in [0.1, 0.15) is 37.4 Å². The zero-order valence-electron chi connectivity index (χ0n) is 23.3. The maximum atomic E-state index is 14.0. The second-order valence-corrected chi connectivity index (χ2v) is 11.7. The van der Waals surface area contributed by atoms with Crippen LogP contribution in [0.5, 0.6) is 0 Å². The number of rotatable bonds is 9. The van der Waals surface area contributed by atoms with E-state index in [2.05, 4.69) is 20.6 Å². The van der Waals surface area contributed by atoms with Crippen molar-refractivity contribution in [3.8, 4) is 0 Å². The van der Waals surface area contributed by atoms with Crippen LogP contribution in [0.4, 0.5) is 22.8 Å². The van der Waals surface area contributed by atoms with Gasteiger partial charge in [-0.1, -0.05) is 17.7 Å². The number of alkyl carbamates (subject to hydrolysis) is 1. The summed E-state index contributed by atoms with van der Waals surface area (Å²) < 4.78 is 50.1. The zero-order valence-corrected chi connectivity index (χ0v) is 24.9. The van der Waals surface area contributed by atoms with Crippen LogP contribution < -0.4 is 16.4 Å². The van der Waals surface area contributed by atoms with Crippen LogP contribution in [0.2, 0.25) is 5.02 Å². The highest BCUT2D eigenvalue weighted by molar-refractivity contribution is 7.11. The van der Waals surface area contributed by atoms with Gasteiger partial charge < -0.3 is 25.8 Å². The Bertz CT molecular complexity index is 1480. The molecule has 1 aromatic heterocycles. The molecule has 2 aliphatic heterocycles. The monoisotopic (exact) mass is 639 g/mol. The smallest absolute Gasteiger partial charge is 0.410 e. The summed E-state index contributed by atoms with van der Waals surface area (Å²) >= 11 is 7.72. The number of carbonyl (C=O) groups excluding carboxylic acids is 2. The van der Waals surface area contributed by atoms with E-state index in [1.165, 1.54) is 34.4 Å². The van der Waals surface area contributed by atoms with Gasteiger partial charge in [-0.25, -0.2) is 24.0 Å². The fraction of sp³-hybridized carbons (Fsp3) is 0.370. The average molecular weight is 640 g/mol. The van der Waals surface area contributed by atoms with Crippen LogP contribution in [0, 0.1) is 5.82 Å². The molecule has 1 saturated heterocycles. The molecular weight excluding hydrogens is 611 g/mol. The Morgan fingerprint density at radius 2 is 2.19 bits per heavy atom. The number of aliphatic imine (C=N–C) groups is 2. The number of aromatic nitrogens is 1. The van der Waals surface area contributed by atoms with E-state index < -0.39 is 42.3 Å². The molecule has 16 heteroatoms. The van der Waals surface area contributed by atoms with Crippen molar-refractivity contribution < 1.29 is 32.2 Å². The van der Waals surface area contributed by atoms with Gasteiger partial charge in [0.15, 0.2) is 10.8 Å². The van der Waals surface area contributed by atoms with Crippen LogP contribution in [0.15, 0.2) is 62.8 Å². The number of halogens is 4. The fourth-order valence-corrected chi connectivity index (χ4v) is 5.10. The standard InChI is InChI=1S/C27H29ClF3N7O4S/c1-27(2,3)42-25(39)35-11-15-12-38(26(40)41-15)13-19-20(18(32)6-7-34-24(30)31)21(16-5-4-14(29)10-17(16)28)37-22(36-19)23-33-8-9-43-23/h4-10,15,21,24H,11-13,32H2,1-3H3,(H,35,39)(H,36,37)/t15-,21-/m0/s1. The molecule has 2 aliphatic rings. The number of ether oxygens (including phenoxy) is 2. The third kappa shape index (κ3) is 8.47. The first-order valence-corrected chi connectivity index (χ1v) is 14.2. The van der Waals surface area contributed by atoms with Gasteiger partial charge >= 0.3 is 18.7 Å². The quantitative estimate of drug-likeness (QED) is 0.265. The topological polar surface area (TPSA) is 144 Å². The number of carbonyl (C=O) groups is 2. The minimum Gasteiger partial charge on any atom is -0.444 e. The van der Waals surface area contributed by atoms with Crippen molar-refractivity contribution in [1.29, 1.82) is 0 Å². The van der Waals surface area contributed by atoms with E-state index >= 15 is 0 Å². The maximum absolute atomic E-state index is 14.0. The molecule has 2 atom stereocenters. The molecule has 0 saturated carbocycles. The Hall–Kier alpha value is -4.11. The second kappa shape index (κ2) is 13.5. The molecule has 1 aromatic carbocycles. The van der Waals surface area contributed by atoms with Gasteiger partial charge in [-0.05, 0) is 39.0 Å². The fourth-order valence-electron chi connectivity index (χ4n) is 4.25. The highest BCUT2D eigenvalue weighted by Gasteiger charge is 2.36. The van der Waals surface area contributed by atoms with Gasteiger partial charge in [-0.3, -0.25) is 9.89 Å². The lowest BCUT2D eigenvalue weighted by Crippen LogP contribution is -2.40. The van der Waals surface area contributed by atoms with Gasteiger partial charge in [-0.2, -0.15) is 8.78 Å². The van der Waals surface area contributed by atoms with Crippen molar-refractivity contribution in [2.45, 2.75) is 45.1 Å². The first-order chi connectivity index (χ1) is 20.3. The van der Waals surface area contributed by atoms with Crippen molar-refractivity contribution in [2.75, 3.05) is 19.6 Å². The van der Waals surface area contributed by atoms with E-state index in [-0.39, 0.29) is 35.9 Å². The van der Waals surface area contributed by atoms with Crippen molar-refractivity contribution in [1.82, 2.24) is 20.5 Å². The van der Waals surface area contributed by atoms with Gasteiger partial charge in [0, 0.05) is 45.3 Å². The molecular formula is C27H29ClF3N7O4S. The number of alkyl halides is 2. The summed E-state index contributed by atoms with van der Waals surface area (Å²) in [5.74, 6) is -0.250. The Labute approximate surface area is 254 Å². The lowest BCUT2D eigenvalue weighted by Gasteiger charge is -2.30. The zero-order chi connectivity index (χ0) is 31.3. The van der Waals surface area contributed by atoms with Crippen molar-refractivity contribution in [2.24, 2.45) is 15.7 Å². The number of thiazole rings is 1. The van der Waals surface area contributed by atoms with E-state index in [4.69, 9.17) is 31.8 Å². The summed E-state index contributed by atoms with van der Waals surface area (Å²) in [5.41, 5.74) is 6.71. The largest absolute Gasteiger partial charge is 0.444 e.